The summed E-state index contributed by atoms with van der Waals surface area (Å²) >= 11 is 0. The highest BCUT2D eigenvalue weighted by atomic mass is 16.4. The third-order valence-corrected chi connectivity index (χ3v) is 2.44. The predicted octanol–water partition coefficient (Wildman–Crippen LogP) is 3.63. The fraction of sp³-hybridized carbons (Fsp3) is 0.571. The van der Waals surface area contributed by atoms with Gasteiger partial charge in [0.15, 0.2) is 0 Å². The molecule has 1 saturated carbocycles. The number of carboxylic acid groups (broad SMARTS) is 2. The molecule has 0 aromatic rings. The molecule has 0 aromatic heterocycles. The lowest BCUT2D eigenvalue weighted by molar-refractivity contribution is -0.133. The maximum atomic E-state index is 9.86. The van der Waals surface area contributed by atoms with Crippen molar-refractivity contribution in [2.75, 3.05) is 0 Å². The molecule has 0 heterocycles. The van der Waals surface area contributed by atoms with E-state index < -0.39 is 11.9 Å². The Balaban J connectivity index is 0. The second kappa shape index (κ2) is 13.5. The highest BCUT2D eigenvalue weighted by Crippen LogP contribution is 2.15. The van der Waals surface area contributed by atoms with Gasteiger partial charge < -0.3 is 10.2 Å². The van der Waals surface area contributed by atoms with Crippen molar-refractivity contribution in [2.45, 2.75) is 52.4 Å². The Kier molecular flexibility index (Phi) is 14.1. The molecule has 1 fully saturated rings. The molecule has 1 rings (SSSR count). The lowest BCUT2D eigenvalue weighted by Crippen LogP contribution is -1.93. The Labute approximate surface area is 109 Å². The number of hydrogen-bond donors (Lipinski definition) is 2. The zero-order chi connectivity index (χ0) is 14.4. The van der Waals surface area contributed by atoms with Gasteiger partial charge in [-0.2, -0.15) is 0 Å². The zero-order valence-electron chi connectivity index (χ0n) is 11.3. The van der Waals surface area contributed by atoms with Crippen molar-refractivity contribution in [1.29, 1.82) is 0 Å². The molecular formula is C14H24O4. The van der Waals surface area contributed by atoms with Crippen LogP contribution >= 0.6 is 0 Å². The second-order valence-electron chi connectivity index (χ2n) is 3.94. The van der Waals surface area contributed by atoms with Crippen molar-refractivity contribution in [2.24, 2.45) is 0 Å². The molecule has 18 heavy (non-hydrogen) atoms. The van der Waals surface area contributed by atoms with Gasteiger partial charge in [0.1, 0.15) is 0 Å². The summed E-state index contributed by atoms with van der Waals surface area (Å²) in [5.41, 5.74) is 0.389. The van der Waals surface area contributed by atoms with Crippen LogP contribution in [-0.2, 0) is 9.59 Å². The summed E-state index contributed by atoms with van der Waals surface area (Å²) in [6, 6.07) is 0. The van der Waals surface area contributed by atoms with E-state index in [1.807, 2.05) is 0 Å². The first-order chi connectivity index (χ1) is 8.45. The van der Waals surface area contributed by atoms with Gasteiger partial charge in [0.25, 0.3) is 0 Å². The van der Waals surface area contributed by atoms with Crippen LogP contribution in [0.25, 0.3) is 0 Å². The Bertz CT molecular complexity index is 264. The average molecular weight is 256 g/mol. The Morgan fingerprint density at radius 1 is 1.00 bits per heavy atom. The van der Waals surface area contributed by atoms with E-state index >= 15 is 0 Å². The Hall–Kier alpha value is -1.58. The van der Waals surface area contributed by atoms with Gasteiger partial charge in [0, 0.05) is 11.6 Å². The third-order valence-electron chi connectivity index (χ3n) is 2.44. The van der Waals surface area contributed by atoms with Gasteiger partial charge in [-0.25, -0.2) is 9.59 Å². The molecule has 0 spiro atoms. The first kappa shape index (κ1) is 18.8. The van der Waals surface area contributed by atoms with Gasteiger partial charge in [-0.1, -0.05) is 51.2 Å². The van der Waals surface area contributed by atoms with Gasteiger partial charge in [-0.3, -0.25) is 0 Å². The molecule has 2 N–H and O–H groups in total. The van der Waals surface area contributed by atoms with Crippen LogP contribution in [0.15, 0.2) is 24.3 Å². The van der Waals surface area contributed by atoms with E-state index in [-0.39, 0.29) is 0 Å². The number of rotatable bonds is 2. The first-order valence-electron chi connectivity index (χ1n) is 6.17. The SMILES string of the molecule is C1CCCCC1.C=CC(=O)O.CC=C(C)C(=O)O. The normalized spacial score (nSPS) is 14.2. The smallest absolute Gasteiger partial charge is 0.330 e. The highest BCUT2D eigenvalue weighted by molar-refractivity contribution is 5.85. The minimum Gasteiger partial charge on any atom is -0.478 e. The van der Waals surface area contributed by atoms with Crippen molar-refractivity contribution in [3.63, 3.8) is 0 Å². The summed E-state index contributed by atoms with van der Waals surface area (Å²) in [6.07, 6.45) is 11.4. The van der Waals surface area contributed by atoms with Crippen molar-refractivity contribution in [1.82, 2.24) is 0 Å². The van der Waals surface area contributed by atoms with Crippen LogP contribution in [0.5, 0.6) is 0 Å². The van der Waals surface area contributed by atoms with E-state index in [1.54, 1.807) is 19.9 Å². The summed E-state index contributed by atoms with van der Waals surface area (Å²) in [5, 5.41) is 15.7. The summed E-state index contributed by atoms with van der Waals surface area (Å²) in [5.74, 6) is -1.83. The maximum Gasteiger partial charge on any atom is 0.330 e. The molecule has 0 radical (unpaired) electrons. The van der Waals surface area contributed by atoms with Crippen molar-refractivity contribution < 1.29 is 19.8 Å². The van der Waals surface area contributed by atoms with Gasteiger partial charge in [-0.05, 0) is 13.8 Å². The Morgan fingerprint density at radius 3 is 1.33 bits per heavy atom. The lowest BCUT2D eigenvalue weighted by atomic mass is 10.0. The van der Waals surface area contributed by atoms with E-state index in [0.29, 0.717) is 5.57 Å². The fourth-order valence-corrected chi connectivity index (χ4v) is 1.18. The van der Waals surface area contributed by atoms with Crippen LogP contribution in [0.4, 0.5) is 0 Å². The summed E-state index contributed by atoms with van der Waals surface area (Å²) < 4.78 is 0. The topological polar surface area (TPSA) is 74.6 Å². The molecule has 4 nitrogen and oxygen atoms in total. The summed E-state index contributed by atoms with van der Waals surface area (Å²) in [4.78, 5) is 19.1. The van der Waals surface area contributed by atoms with Gasteiger partial charge in [0.2, 0.25) is 0 Å². The molecule has 0 amide bonds. The number of hydrogen-bond acceptors (Lipinski definition) is 2. The molecule has 0 saturated heterocycles. The van der Waals surface area contributed by atoms with Crippen molar-refractivity contribution >= 4 is 11.9 Å². The second-order valence-corrected chi connectivity index (χ2v) is 3.94. The molecule has 1 aliphatic rings. The first-order valence-corrected chi connectivity index (χ1v) is 6.17. The van der Waals surface area contributed by atoms with Gasteiger partial charge >= 0.3 is 11.9 Å². The van der Waals surface area contributed by atoms with E-state index in [4.69, 9.17) is 10.2 Å². The summed E-state index contributed by atoms with van der Waals surface area (Å²) in [6.45, 7) is 6.22. The number of carboxylic acids is 2. The molecule has 4 heteroatoms. The van der Waals surface area contributed by atoms with Crippen LogP contribution in [0.1, 0.15) is 52.4 Å². The third kappa shape index (κ3) is 16.8. The molecule has 0 aromatic carbocycles. The average Bonchev–Trinajstić information content (AvgIpc) is 2.41. The van der Waals surface area contributed by atoms with E-state index in [1.165, 1.54) is 38.5 Å². The molecule has 0 aliphatic heterocycles. The Morgan fingerprint density at radius 2 is 1.28 bits per heavy atom. The molecular weight excluding hydrogens is 232 g/mol. The van der Waals surface area contributed by atoms with Crippen molar-refractivity contribution in [3.8, 4) is 0 Å². The number of aliphatic carboxylic acids is 2. The van der Waals surface area contributed by atoms with E-state index in [0.717, 1.165) is 6.08 Å². The molecule has 1 aliphatic carbocycles. The molecule has 0 unspecified atom stereocenters. The van der Waals surface area contributed by atoms with Gasteiger partial charge in [-0.15, -0.1) is 0 Å². The minimum atomic E-state index is -0.981. The van der Waals surface area contributed by atoms with Crippen LogP contribution in [0.3, 0.4) is 0 Å². The lowest BCUT2D eigenvalue weighted by Gasteiger charge is -2.05. The molecule has 0 atom stereocenters. The largest absolute Gasteiger partial charge is 0.478 e. The van der Waals surface area contributed by atoms with Gasteiger partial charge in [0.05, 0.1) is 0 Å². The van der Waals surface area contributed by atoms with E-state index in [2.05, 4.69) is 6.58 Å². The van der Waals surface area contributed by atoms with Crippen LogP contribution in [0.2, 0.25) is 0 Å². The molecule has 0 bridgehead atoms. The quantitative estimate of drug-likeness (QED) is 0.740. The number of allylic oxidation sites excluding steroid dienone is 1. The van der Waals surface area contributed by atoms with E-state index in [9.17, 15) is 9.59 Å². The molecule has 104 valence electrons. The minimum absolute atomic E-state index is 0.389. The van der Waals surface area contributed by atoms with Crippen LogP contribution in [-0.4, -0.2) is 22.2 Å². The standard InChI is InChI=1S/C6H12.C5H8O2.C3H4O2/c1-2-4-6-5-3-1;1-3-4(2)5(6)7;1-2-3(4)5/h1-6H2;3H,1-2H3,(H,6,7);2H,1H2,(H,4,5). The van der Waals surface area contributed by atoms with Crippen molar-refractivity contribution in [3.05, 3.63) is 24.3 Å². The van der Waals surface area contributed by atoms with Crippen LogP contribution in [0, 0.1) is 0 Å². The fourth-order valence-electron chi connectivity index (χ4n) is 1.18. The maximum absolute atomic E-state index is 9.86. The highest BCUT2D eigenvalue weighted by Gasteiger charge is 1.95. The predicted molar refractivity (Wildman–Crippen MR) is 72.6 cm³/mol. The summed E-state index contributed by atoms with van der Waals surface area (Å²) in [7, 11) is 0. The zero-order valence-corrected chi connectivity index (χ0v) is 11.3. The van der Waals surface area contributed by atoms with Crippen LogP contribution < -0.4 is 0 Å². The monoisotopic (exact) mass is 256 g/mol. The number of carbonyl (C=O) groups is 2.